The summed E-state index contributed by atoms with van der Waals surface area (Å²) in [6.07, 6.45) is -2.61. The van der Waals surface area contributed by atoms with E-state index in [0.29, 0.717) is 0 Å². The molecule has 2 nitrogen and oxygen atoms in total. The summed E-state index contributed by atoms with van der Waals surface area (Å²) in [7, 11) is 0. The molecule has 0 saturated carbocycles. The lowest BCUT2D eigenvalue weighted by Gasteiger charge is -2.17. The number of nitrogens with one attached hydrogen (secondary N) is 1. The Morgan fingerprint density at radius 3 is 2.26 bits per heavy atom. The van der Waals surface area contributed by atoms with Crippen molar-refractivity contribution in [3.05, 3.63) is 65.2 Å². The molecule has 23 heavy (non-hydrogen) atoms. The zero-order valence-electron chi connectivity index (χ0n) is 12.6. The molecule has 6 heteroatoms. The number of rotatable bonds is 4. The summed E-state index contributed by atoms with van der Waals surface area (Å²) in [4.78, 5) is 13.3. The van der Waals surface area contributed by atoms with Crippen LogP contribution in [-0.2, 0) is 6.18 Å². The molecule has 0 radical (unpaired) electrons. The van der Waals surface area contributed by atoms with Gasteiger partial charge in [-0.15, -0.1) is 11.8 Å². The number of carbonyl (C=O) groups excluding carboxylic acids is 1. The second-order valence-electron chi connectivity index (χ2n) is 5.01. The molecule has 2 aromatic carbocycles. The third-order valence-corrected chi connectivity index (χ3v) is 4.18. The predicted octanol–water partition coefficient (Wildman–Crippen LogP) is 4.92. The first-order valence-corrected chi connectivity index (χ1v) is 8.16. The van der Waals surface area contributed by atoms with Crippen LogP contribution in [0.25, 0.3) is 0 Å². The molecule has 0 heterocycles. The van der Waals surface area contributed by atoms with Crippen LogP contribution in [0, 0.1) is 0 Å². The van der Waals surface area contributed by atoms with Crippen molar-refractivity contribution in [2.24, 2.45) is 0 Å². The fourth-order valence-electron chi connectivity index (χ4n) is 2.18. The lowest BCUT2D eigenvalue weighted by molar-refractivity contribution is -0.137. The minimum Gasteiger partial charge on any atom is -0.346 e. The van der Waals surface area contributed by atoms with Crippen molar-refractivity contribution in [1.29, 1.82) is 0 Å². The van der Waals surface area contributed by atoms with Crippen molar-refractivity contribution >= 4 is 17.7 Å². The maximum absolute atomic E-state index is 13.0. The van der Waals surface area contributed by atoms with E-state index in [4.69, 9.17) is 0 Å². The van der Waals surface area contributed by atoms with Crippen molar-refractivity contribution in [1.82, 2.24) is 5.32 Å². The van der Waals surface area contributed by atoms with Crippen LogP contribution in [0.4, 0.5) is 13.2 Å². The van der Waals surface area contributed by atoms with Crippen molar-refractivity contribution in [2.75, 3.05) is 6.26 Å². The first kappa shape index (κ1) is 17.4. The molecule has 0 fully saturated rings. The number of alkyl halides is 3. The van der Waals surface area contributed by atoms with Gasteiger partial charge in [-0.25, -0.2) is 0 Å². The molecular formula is C17H16F3NOS. The van der Waals surface area contributed by atoms with Gasteiger partial charge in [-0.2, -0.15) is 13.2 Å². The maximum atomic E-state index is 13.0. The molecular weight excluding hydrogens is 323 g/mol. The SMILES string of the molecule is CSc1ccc([C@@H](C)NC(=O)c2ccccc2C(F)(F)F)cc1. The largest absolute Gasteiger partial charge is 0.417 e. The fraction of sp³-hybridized carbons (Fsp3) is 0.235. The van der Waals surface area contributed by atoms with Gasteiger partial charge < -0.3 is 5.32 Å². The average Bonchev–Trinajstić information content (AvgIpc) is 2.54. The average molecular weight is 339 g/mol. The van der Waals surface area contributed by atoms with Crippen LogP contribution < -0.4 is 5.32 Å². The van der Waals surface area contributed by atoms with Crippen LogP contribution in [0.1, 0.15) is 34.5 Å². The van der Waals surface area contributed by atoms with Crippen molar-refractivity contribution in [2.45, 2.75) is 24.0 Å². The van der Waals surface area contributed by atoms with E-state index < -0.39 is 17.6 Å². The first-order chi connectivity index (χ1) is 10.8. The number of carbonyl (C=O) groups is 1. The zero-order chi connectivity index (χ0) is 17.0. The van der Waals surface area contributed by atoms with Crippen LogP contribution in [0.2, 0.25) is 0 Å². The highest BCUT2D eigenvalue weighted by Crippen LogP contribution is 2.32. The van der Waals surface area contributed by atoms with Crippen molar-refractivity contribution in [3.63, 3.8) is 0 Å². The Labute approximate surface area is 137 Å². The molecule has 122 valence electrons. The smallest absolute Gasteiger partial charge is 0.346 e. The van der Waals surface area contributed by atoms with Gasteiger partial charge in [-0.3, -0.25) is 4.79 Å². The standard InChI is InChI=1S/C17H16F3NOS/c1-11(12-7-9-13(23-2)10-8-12)21-16(22)14-5-3-4-6-15(14)17(18,19)20/h3-11H,1-2H3,(H,21,22)/t11-/m1/s1. The van der Waals surface area contributed by atoms with Gasteiger partial charge in [-0.05, 0) is 43.0 Å². The summed E-state index contributed by atoms with van der Waals surface area (Å²) in [6.45, 7) is 1.74. The number of benzene rings is 2. The molecule has 1 N–H and O–H groups in total. The molecule has 0 spiro atoms. The fourth-order valence-corrected chi connectivity index (χ4v) is 2.59. The quantitative estimate of drug-likeness (QED) is 0.801. The topological polar surface area (TPSA) is 29.1 Å². The Balaban J connectivity index is 2.18. The molecule has 0 unspecified atom stereocenters. The highest BCUT2D eigenvalue weighted by molar-refractivity contribution is 7.98. The van der Waals surface area contributed by atoms with Crippen LogP contribution in [0.5, 0.6) is 0 Å². The molecule has 0 saturated heterocycles. The summed E-state index contributed by atoms with van der Waals surface area (Å²) in [5.41, 5.74) is -0.462. The Morgan fingerprint density at radius 2 is 1.70 bits per heavy atom. The van der Waals surface area contributed by atoms with E-state index in [1.807, 2.05) is 30.5 Å². The van der Waals surface area contributed by atoms with Crippen LogP contribution in [-0.4, -0.2) is 12.2 Å². The van der Waals surface area contributed by atoms with Gasteiger partial charge in [0.15, 0.2) is 0 Å². The monoisotopic (exact) mass is 339 g/mol. The number of halogens is 3. The molecule has 0 aliphatic carbocycles. The Morgan fingerprint density at radius 1 is 1.09 bits per heavy atom. The van der Waals surface area contributed by atoms with Gasteiger partial charge in [0.25, 0.3) is 5.91 Å². The van der Waals surface area contributed by atoms with E-state index >= 15 is 0 Å². The minimum atomic E-state index is -4.56. The van der Waals surface area contributed by atoms with Crippen molar-refractivity contribution in [3.8, 4) is 0 Å². The molecule has 0 aliphatic rings. The Kier molecular flexibility index (Phi) is 5.36. The van der Waals surface area contributed by atoms with Crippen LogP contribution >= 0.6 is 11.8 Å². The van der Waals surface area contributed by atoms with E-state index in [0.717, 1.165) is 16.5 Å². The van der Waals surface area contributed by atoms with E-state index in [1.54, 1.807) is 18.7 Å². The van der Waals surface area contributed by atoms with Crippen LogP contribution in [0.15, 0.2) is 53.4 Å². The molecule has 0 aliphatic heterocycles. The predicted molar refractivity (Wildman–Crippen MR) is 85.5 cm³/mol. The van der Waals surface area contributed by atoms with Crippen molar-refractivity contribution < 1.29 is 18.0 Å². The second kappa shape index (κ2) is 7.08. The highest BCUT2D eigenvalue weighted by Gasteiger charge is 2.35. The zero-order valence-corrected chi connectivity index (χ0v) is 13.5. The second-order valence-corrected chi connectivity index (χ2v) is 5.89. The van der Waals surface area contributed by atoms with E-state index in [9.17, 15) is 18.0 Å². The third kappa shape index (κ3) is 4.28. The Hall–Kier alpha value is -1.95. The molecule has 0 aromatic heterocycles. The molecule has 2 rings (SSSR count). The normalized spacial score (nSPS) is 12.7. The summed E-state index contributed by atoms with van der Waals surface area (Å²) in [5, 5.41) is 2.62. The molecule has 2 aromatic rings. The van der Waals surface area contributed by atoms with Gasteiger partial charge in [-0.1, -0.05) is 24.3 Å². The summed E-state index contributed by atoms with van der Waals surface area (Å²) in [6, 6.07) is 11.9. The number of thioether (sulfide) groups is 1. The van der Waals surface area contributed by atoms with Gasteiger partial charge in [0.2, 0.25) is 0 Å². The Bertz CT molecular complexity index is 683. The van der Waals surface area contributed by atoms with E-state index in [-0.39, 0.29) is 11.6 Å². The van der Waals surface area contributed by atoms with Gasteiger partial charge in [0.05, 0.1) is 17.2 Å². The van der Waals surface area contributed by atoms with E-state index in [2.05, 4.69) is 5.32 Å². The maximum Gasteiger partial charge on any atom is 0.417 e. The number of hydrogen-bond donors (Lipinski definition) is 1. The molecule has 0 bridgehead atoms. The third-order valence-electron chi connectivity index (χ3n) is 3.44. The summed E-state index contributed by atoms with van der Waals surface area (Å²) < 4.78 is 38.9. The lowest BCUT2D eigenvalue weighted by Crippen LogP contribution is -2.28. The van der Waals surface area contributed by atoms with Gasteiger partial charge >= 0.3 is 6.18 Å². The summed E-state index contributed by atoms with van der Waals surface area (Å²) in [5.74, 6) is -0.737. The van der Waals surface area contributed by atoms with Crippen LogP contribution in [0.3, 0.4) is 0 Å². The first-order valence-electron chi connectivity index (χ1n) is 6.94. The molecule has 1 atom stereocenters. The lowest BCUT2D eigenvalue weighted by atomic mass is 10.0. The molecule has 1 amide bonds. The minimum absolute atomic E-state index is 0.368. The van der Waals surface area contributed by atoms with Gasteiger partial charge in [0, 0.05) is 4.90 Å². The van der Waals surface area contributed by atoms with E-state index in [1.165, 1.54) is 18.2 Å². The highest BCUT2D eigenvalue weighted by atomic mass is 32.2. The number of amides is 1. The number of hydrogen-bond acceptors (Lipinski definition) is 2. The van der Waals surface area contributed by atoms with Gasteiger partial charge in [0.1, 0.15) is 0 Å². The summed E-state index contributed by atoms with van der Waals surface area (Å²) >= 11 is 1.59.